The van der Waals surface area contributed by atoms with Gasteiger partial charge in [-0.15, -0.1) is 0 Å². The third-order valence-electron chi connectivity index (χ3n) is 10.9. The molecule has 0 fully saturated rings. The number of rotatable bonds is 29. The largest absolute Gasteiger partial charge is 0.481 e. The van der Waals surface area contributed by atoms with Crippen molar-refractivity contribution in [2.75, 3.05) is 52.9 Å². The number of carbonyl (C=O) groups excluding carboxylic acids is 3. The van der Waals surface area contributed by atoms with Gasteiger partial charge in [-0.05, 0) is 84.1 Å². The van der Waals surface area contributed by atoms with Gasteiger partial charge >= 0.3 is 23.9 Å². The van der Waals surface area contributed by atoms with Crippen LogP contribution in [0.3, 0.4) is 0 Å². The van der Waals surface area contributed by atoms with Crippen molar-refractivity contribution in [3.05, 3.63) is 138 Å². The maximum Gasteiger partial charge on any atom is 0.314 e. The average Bonchev–Trinajstić information content (AvgIpc) is 3.31. The van der Waals surface area contributed by atoms with Crippen molar-refractivity contribution >= 4 is 35.0 Å². The first-order valence-corrected chi connectivity index (χ1v) is 22.1. The van der Waals surface area contributed by atoms with E-state index in [-0.39, 0.29) is 44.5 Å². The molecule has 0 saturated heterocycles. The van der Waals surface area contributed by atoms with Crippen molar-refractivity contribution < 1.29 is 52.7 Å². The predicted molar refractivity (Wildman–Crippen MR) is 243 cm³/mol. The number of esters is 3. The molecule has 11 heteroatoms. The van der Waals surface area contributed by atoms with E-state index in [9.17, 15) is 24.3 Å². The van der Waals surface area contributed by atoms with Gasteiger partial charge in [-0.1, -0.05) is 131 Å². The van der Waals surface area contributed by atoms with E-state index in [0.29, 0.717) is 58.0 Å². The second-order valence-corrected chi connectivity index (χ2v) is 15.5. The molecule has 338 valence electrons. The van der Waals surface area contributed by atoms with Crippen LogP contribution >= 0.6 is 0 Å². The molecule has 0 radical (unpaired) electrons. The number of aliphatic carboxylic acids is 1. The van der Waals surface area contributed by atoms with Gasteiger partial charge in [0.25, 0.3) is 0 Å². The van der Waals surface area contributed by atoms with Crippen LogP contribution in [-0.2, 0) is 42.9 Å². The predicted octanol–water partition coefficient (Wildman–Crippen LogP) is 9.71. The zero-order valence-electron chi connectivity index (χ0n) is 37.2. The SMILES string of the molecule is CCC(C)C(=O)OCCOCCOCCOCCOC(=O)C(C)CCC(CCC(CC)C(=O)Oc1ccc(C(=C(c2ccccc2)c2ccccc2)c2ccccc2)cc1)C(=O)O. The zero-order chi connectivity index (χ0) is 45.2. The summed E-state index contributed by atoms with van der Waals surface area (Å²) in [4.78, 5) is 49.9. The van der Waals surface area contributed by atoms with E-state index in [1.165, 1.54) is 0 Å². The molecule has 4 aromatic rings. The highest BCUT2D eigenvalue weighted by atomic mass is 16.6. The van der Waals surface area contributed by atoms with Crippen LogP contribution in [0.5, 0.6) is 5.75 Å². The van der Waals surface area contributed by atoms with Gasteiger partial charge in [0.15, 0.2) is 0 Å². The molecule has 4 unspecified atom stereocenters. The molecular weight excluding hydrogens is 801 g/mol. The van der Waals surface area contributed by atoms with Crippen LogP contribution in [0.25, 0.3) is 11.1 Å². The Kier molecular flexibility index (Phi) is 22.4. The first kappa shape index (κ1) is 50.0. The van der Waals surface area contributed by atoms with E-state index in [1.54, 1.807) is 19.1 Å². The summed E-state index contributed by atoms with van der Waals surface area (Å²) < 4.78 is 32.6. The molecule has 0 aliphatic carbocycles. The van der Waals surface area contributed by atoms with E-state index in [1.807, 2.05) is 87.5 Å². The van der Waals surface area contributed by atoms with E-state index >= 15 is 0 Å². The standard InChI is InChI=1S/C52H64O11/c1-5-38(3)50(55)61-36-34-59-32-30-58-31-33-60-35-37-62-51(56)39(4)22-23-45(49(53)54)25-24-40(6-2)52(57)63-46-28-26-44(27-29-46)48(43-20-14-9-15-21-43)47(41-16-10-7-11-17-41)42-18-12-8-13-19-42/h7-21,26-29,38-40,45H,5-6,22-25,30-37H2,1-4H3,(H,53,54). The van der Waals surface area contributed by atoms with Crippen LogP contribution in [0.15, 0.2) is 115 Å². The molecule has 63 heavy (non-hydrogen) atoms. The lowest BCUT2D eigenvalue weighted by Gasteiger charge is -2.19. The van der Waals surface area contributed by atoms with Gasteiger partial charge in [0.2, 0.25) is 0 Å². The lowest BCUT2D eigenvalue weighted by molar-refractivity contribution is -0.151. The van der Waals surface area contributed by atoms with E-state index in [0.717, 1.165) is 39.8 Å². The summed E-state index contributed by atoms with van der Waals surface area (Å²) in [6, 6.07) is 38.3. The van der Waals surface area contributed by atoms with Crippen molar-refractivity contribution in [1.82, 2.24) is 0 Å². The second-order valence-electron chi connectivity index (χ2n) is 15.5. The van der Waals surface area contributed by atoms with Crippen molar-refractivity contribution in [1.29, 1.82) is 0 Å². The van der Waals surface area contributed by atoms with Gasteiger partial charge in [-0.3, -0.25) is 19.2 Å². The number of hydrogen-bond acceptors (Lipinski definition) is 10. The normalized spacial score (nSPS) is 13.0. The highest BCUT2D eigenvalue weighted by Crippen LogP contribution is 2.37. The number of benzene rings is 4. The number of carboxylic acid groups (broad SMARTS) is 1. The molecule has 4 rings (SSSR count). The fraction of sp³-hybridized carbons (Fsp3) is 0.423. The van der Waals surface area contributed by atoms with Crippen molar-refractivity contribution in [2.24, 2.45) is 23.7 Å². The summed E-state index contributed by atoms with van der Waals surface area (Å²) in [5.74, 6) is -3.45. The molecule has 0 saturated carbocycles. The molecule has 0 aliphatic rings. The van der Waals surface area contributed by atoms with Gasteiger partial charge < -0.3 is 33.5 Å². The van der Waals surface area contributed by atoms with Crippen LogP contribution in [0, 0.1) is 23.7 Å². The van der Waals surface area contributed by atoms with Crippen molar-refractivity contribution in [2.45, 2.75) is 66.2 Å². The third-order valence-corrected chi connectivity index (χ3v) is 10.9. The molecule has 4 aromatic carbocycles. The Morgan fingerprint density at radius 3 is 1.24 bits per heavy atom. The van der Waals surface area contributed by atoms with Gasteiger partial charge in [0.1, 0.15) is 19.0 Å². The van der Waals surface area contributed by atoms with Crippen LogP contribution in [0.2, 0.25) is 0 Å². The molecule has 0 bridgehead atoms. The lowest BCUT2D eigenvalue weighted by Crippen LogP contribution is -2.24. The Morgan fingerprint density at radius 1 is 0.444 bits per heavy atom. The Balaban J connectivity index is 1.20. The highest BCUT2D eigenvalue weighted by molar-refractivity contribution is 6.04. The second kappa shape index (κ2) is 28.1. The van der Waals surface area contributed by atoms with E-state index < -0.39 is 35.7 Å². The first-order chi connectivity index (χ1) is 30.6. The van der Waals surface area contributed by atoms with Gasteiger partial charge in [-0.2, -0.15) is 0 Å². The summed E-state index contributed by atoms with van der Waals surface area (Å²) >= 11 is 0. The maximum absolute atomic E-state index is 13.4. The smallest absolute Gasteiger partial charge is 0.314 e. The van der Waals surface area contributed by atoms with Crippen molar-refractivity contribution in [3.63, 3.8) is 0 Å². The Bertz CT molecular complexity index is 1940. The monoisotopic (exact) mass is 864 g/mol. The molecule has 4 atom stereocenters. The summed E-state index contributed by atoms with van der Waals surface area (Å²) in [5.41, 5.74) is 6.29. The fourth-order valence-electron chi connectivity index (χ4n) is 6.86. The molecule has 1 N–H and O–H groups in total. The molecular formula is C52H64O11. The minimum Gasteiger partial charge on any atom is -0.481 e. The fourth-order valence-corrected chi connectivity index (χ4v) is 6.86. The van der Waals surface area contributed by atoms with Crippen LogP contribution in [0.1, 0.15) is 88.5 Å². The summed E-state index contributed by atoms with van der Waals surface area (Å²) in [7, 11) is 0. The minimum atomic E-state index is -0.966. The van der Waals surface area contributed by atoms with Gasteiger partial charge in [0, 0.05) is 0 Å². The summed E-state index contributed by atoms with van der Waals surface area (Å²) in [5, 5.41) is 10.0. The summed E-state index contributed by atoms with van der Waals surface area (Å²) in [6.45, 7) is 9.54. The topological polar surface area (TPSA) is 144 Å². The molecule has 0 heterocycles. The summed E-state index contributed by atoms with van der Waals surface area (Å²) in [6.07, 6.45) is 2.43. The molecule has 0 aromatic heterocycles. The number of hydrogen-bond donors (Lipinski definition) is 1. The van der Waals surface area contributed by atoms with E-state index in [2.05, 4.69) is 36.4 Å². The van der Waals surface area contributed by atoms with Gasteiger partial charge in [0.05, 0.1) is 63.3 Å². The van der Waals surface area contributed by atoms with Crippen LogP contribution < -0.4 is 4.74 Å². The molecule has 0 aliphatic heterocycles. The zero-order valence-corrected chi connectivity index (χ0v) is 37.2. The van der Waals surface area contributed by atoms with Crippen molar-refractivity contribution in [3.8, 4) is 5.75 Å². The first-order valence-electron chi connectivity index (χ1n) is 22.1. The Morgan fingerprint density at radius 2 is 0.825 bits per heavy atom. The molecule has 0 spiro atoms. The Hall–Kier alpha value is -5.62. The highest BCUT2D eigenvalue weighted by Gasteiger charge is 2.26. The van der Waals surface area contributed by atoms with Crippen LogP contribution in [-0.4, -0.2) is 81.8 Å². The van der Waals surface area contributed by atoms with E-state index in [4.69, 9.17) is 28.4 Å². The molecule has 0 amide bonds. The number of carboxylic acids is 1. The van der Waals surface area contributed by atoms with Gasteiger partial charge in [-0.25, -0.2) is 0 Å². The number of ether oxygens (including phenoxy) is 6. The lowest BCUT2D eigenvalue weighted by atomic mass is 9.86. The average molecular weight is 865 g/mol. The quantitative estimate of drug-likeness (QED) is 0.0241. The minimum absolute atomic E-state index is 0.0698. The van der Waals surface area contributed by atoms with Crippen LogP contribution in [0.4, 0.5) is 0 Å². The molecule has 11 nitrogen and oxygen atoms in total. The maximum atomic E-state index is 13.4. The number of carbonyl (C=O) groups is 4. The Labute approximate surface area is 372 Å². The third kappa shape index (κ3) is 17.2.